The Morgan fingerprint density at radius 2 is 0.544 bits per heavy atom. The Labute approximate surface area is 561 Å². The Bertz CT molecular complexity index is 1480. The van der Waals surface area contributed by atoms with E-state index >= 15 is 0 Å². The highest BCUT2D eigenvalue weighted by Crippen LogP contribution is 2.43. The number of hydrogen-bond donors (Lipinski definition) is 2. The van der Waals surface area contributed by atoms with Gasteiger partial charge in [0, 0.05) is 19.4 Å². The van der Waals surface area contributed by atoms with Crippen molar-refractivity contribution in [3.05, 3.63) is 12.2 Å². The molecule has 0 aromatic rings. The van der Waals surface area contributed by atoms with Gasteiger partial charge in [0.05, 0.1) is 13.2 Å². The lowest BCUT2D eigenvalue weighted by Crippen LogP contribution is -2.29. The first-order chi connectivity index (χ1) is 44.3. The fourth-order valence-electron chi connectivity index (χ4n) is 12.9. The number of esters is 2. The standard InChI is InChI=1S/C80H158NO8P/c1-3-5-7-9-11-13-15-17-19-21-23-25-27-29-31-33-35-37-38-39-41-42-44-46-48-50-52-54-56-58-60-62-64-66-68-70-72-79(82)86-76-78(77-88-90(84,85)87-75-74-81)89-80(83)73-71-69-67-65-63-61-59-57-55-53-51-49-47-45-43-40-36-34-32-30-28-26-24-22-20-18-16-14-12-10-8-6-4-2/h22,24,78H,3-21,23,25-77,81H2,1-2H3,(H,84,85)/b24-22-. The molecule has 0 saturated heterocycles. The summed E-state index contributed by atoms with van der Waals surface area (Å²) in [4.78, 5) is 35.5. The minimum atomic E-state index is -4.39. The summed E-state index contributed by atoms with van der Waals surface area (Å²) in [5.74, 6) is -0.796. The van der Waals surface area contributed by atoms with E-state index in [2.05, 4.69) is 26.0 Å². The molecule has 90 heavy (non-hydrogen) atoms. The van der Waals surface area contributed by atoms with Crippen LogP contribution in [-0.4, -0.2) is 49.3 Å². The molecule has 0 saturated carbocycles. The number of carbonyl (C=O) groups is 2. The Hall–Kier alpha value is -1.25. The molecule has 0 aliphatic carbocycles. The SMILES string of the molecule is CCCCCCCCCC/C=C\CCCCCCCCCCCCCCCCCCCCCCCC(=O)OC(COC(=O)CCCCCCCCCCCCCCCCCCCCCCCCCCCCCCCCCCCCCC)COP(=O)(O)OCCN. The van der Waals surface area contributed by atoms with Crippen LogP contribution in [-0.2, 0) is 32.7 Å². The van der Waals surface area contributed by atoms with E-state index in [1.807, 2.05) is 0 Å². The molecule has 2 unspecified atom stereocenters. The summed E-state index contributed by atoms with van der Waals surface area (Å²) < 4.78 is 33.3. The number of nitrogens with two attached hydrogens (primary N) is 1. The third kappa shape index (κ3) is 75.8. The zero-order valence-electron chi connectivity index (χ0n) is 60.7. The second kappa shape index (κ2) is 76.8. The van der Waals surface area contributed by atoms with E-state index < -0.39 is 26.5 Å². The van der Waals surface area contributed by atoms with Gasteiger partial charge in [0.25, 0.3) is 0 Å². The smallest absolute Gasteiger partial charge is 0.462 e. The van der Waals surface area contributed by atoms with Crippen LogP contribution >= 0.6 is 7.82 Å². The molecule has 2 atom stereocenters. The molecule has 536 valence electrons. The van der Waals surface area contributed by atoms with E-state index in [0.717, 1.165) is 32.1 Å². The van der Waals surface area contributed by atoms with Crippen molar-refractivity contribution in [1.82, 2.24) is 0 Å². The Kier molecular flexibility index (Phi) is 75.7. The van der Waals surface area contributed by atoms with Crippen molar-refractivity contribution in [2.24, 2.45) is 5.73 Å². The fourth-order valence-corrected chi connectivity index (χ4v) is 13.6. The first-order valence-corrected chi connectivity index (χ1v) is 42.2. The molecule has 0 spiro atoms. The largest absolute Gasteiger partial charge is 0.472 e. The van der Waals surface area contributed by atoms with E-state index in [4.69, 9.17) is 24.3 Å². The number of rotatable bonds is 79. The molecule has 0 aromatic carbocycles. The molecule has 10 heteroatoms. The summed E-state index contributed by atoms with van der Waals surface area (Å²) in [6.45, 7) is 3.85. The summed E-state index contributed by atoms with van der Waals surface area (Å²) >= 11 is 0. The summed E-state index contributed by atoms with van der Waals surface area (Å²) in [5, 5.41) is 0. The van der Waals surface area contributed by atoms with Gasteiger partial charge < -0.3 is 20.1 Å². The molecule has 0 heterocycles. The van der Waals surface area contributed by atoms with Crippen LogP contribution in [0.1, 0.15) is 457 Å². The van der Waals surface area contributed by atoms with Gasteiger partial charge in [-0.05, 0) is 38.5 Å². The monoisotopic (exact) mass is 1290 g/mol. The van der Waals surface area contributed by atoms with Crippen LogP contribution in [0.15, 0.2) is 12.2 Å². The molecule has 0 aliphatic heterocycles. The molecule has 0 bridgehead atoms. The van der Waals surface area contributed by atoms with Gasteiger partial charge in [0.15, 0.2) is 6.10 Å². The average molecular weight is 1290 g/mol. The maximum atomic E-state index is 12.8. The Balaban J connectivity index is 3.72. The van der Waals surface area contributed by atoms with Crippen LogP contribution in [0.4, 0.5) is 0 Å². The molecular weight excluding hydrogens is 1130 g/mol. The molecule has 0 amide bonds. The van der Waals surface area contributed by atoms with E-state index in [1.54, 1.807) is 0 Å². The third-order valence-corrected chi connectivity index (χ3v) is 19.9. The van der Waals surface area contributed by atoms with E-state index in [9.17, 15) is 19.0 Å². The minimum absolute atomic E-state index is 0.0581. The number of unbranched alkanes of at least 4 members (excludes halogenated alkanes) is 64. The van der Waals surface area contributed by atoms with Gasteiger partial charge >= 0.3 is 19.8 Å². The molecule has 9 nitrogen and oxygen atoms in total. The van der Waals surface area contributed by atoms with Crippen LogP contribution in [0.5, 0.6) is 0 Å². The molecule has 0 rings (SSSR count). The highest BCUT2D eigenvalue weighted by atomic mass is 31.2. The topological polar surface area (TPSA) is 134 Å². The summed E-state index contributed by atoms with van der Waals surface area (Å²) in [6, 6.07) is 0. The van der Waals surface area contributed by atoms with E-state index in [0.29, 0.717) is 6.42 Å². The van der Waals surface area contributed by atoms with Crippen molar-refractivity contribution < 1.29 is 37.6 Å². The predicted molar refractivity (Wildman–Crippen MR) is 391 cm³/mol. The molecular formula is C80H158NO8P. The molecule has 0 aromatic heterocycles. The molecule has 3 N–H and O–H groups in total. The van der Waals surface area contributed by atoms with Crippen molar-refractivity contribution in [2.75, 3.05) is 26.4 Å². The van der Waals surface area contributed by atoms with Crippen LogP contribution in [0.2, 0.25) is 0 Å². The number of carbonyl (C=O) groups excluding carboxylic acids is 2. The highest BCUT2D eigenvalue weighted by molar-refractivity contribution is 7.47. The third-order valence-electron chi connectivity index (χ3n) is 18.9. The van der Waals surface area contributed by atoms with Crippen molar-refractivity contribution >= 4 is 19.8 Å². The number of allylic oxidation sites excluding steroid dienone is 2. The van der Waals surface area contributed by atoms with Gasteiger partial charge in [-0.1, -0.05) is 418 Å². The van der Waals surface area contributed by atoms with E-state index in [1.165, 1.54) is 392 Å². The summed E-state index contributed by atoms with van der Waals surface area (Å²) in [5.41, 5.74) is 5.42. The van der Waals surface area contributed by atoms with Gasteiger partial charge in [-0.25, -0.2) is 4.57 Å². The second-order valence-electron chi connectivity index (χ2n) is 28.0. The first-order valence-electron chi connectivity index (χ1n) is 40.7. The zero-order valence-corrected chi connectivity index (χ0v) is 61.6. The highest BCUT2D eigenvalue weighted by Gasteiger charge is 2.26. The van der Waals surface area contributed by atoms with Gasteiger partial charge in [-0.3, -0.25) is 18.6 Å². The van der Waals surface area contributed by atoms with Gasteiger partial charge in [0.2, 0.25) is 0 Å². The number of ether oxygens (including phenoxy) is 2. The van der Waals surface area contributed by atoms with Gasteiger partial charge in [-0.2, -0.15) is 0 Å². The fraction of sp³-hybridized carbons (Fsp3) is 0.950. The zero-order chi connectivity index (χ0) is 65.1. The van der Waals surface area contributed by atoms with Crippen LogP contribution in [0.25, 0.3) is 0 Å². The lowest BCUT2D eigenvalue weighted by molar-refractivity contribution is -0.161. The quantitative estimate of drug-likeness (QED) is 0.0264. The van der Waals surface area contributed by atoms with E-state index in [-0.39, 0.29) is 38.6 Å². The van der Waals surface area contributed by atoms with Crippen molar-refractivity contribution in [3.8, 4) is 0 Å². The number of hydrogen-bond acceptors (Lipinski definition) is 8. The predicted octanol–water partition coefficient (Wildman–Crippen LogP) is 27.0. The number of phosphoric ester groups is 1. The van der Waals surface area contributed by atoms with Crippen LogP contribution in [0.3, 0.4) is 0 Å². The summed E-state index contributed by atoms with van der Waals surface area (Å²) in [6.07, 6.45) is 95.1. The van der Waals surface area contributed by atoms with Crippen molar-refractivity contribution in [2.45, 2.75) is 463 Å². The molecule has 0 radical (unpaired) electrons. The maximum Gasteiger partial charge on any atom is 0.472 e. The Morgan fingerprint density at radius 1 is 0.322 bits per heavy atom. The lowest BCUT2D eigenvalue weighted by atomic mass is 10.0. The lowest BCUT2D eigenvalue weighted by Gasteiger charge is -2.19. The summed E-state index contributed by atoms with van der Waals surface area (Å²) in [7, 11) is -4.39. The van der Waals surface area contributed by atoms with Crippen LogP contribution in [0, 0.1) is 0 Å². The first kappa shape index (κ1) is 88.8. The van der Waals surface area contributed by atoms with Crippen molar-refractivity contribution in [1.29, 1.82) is 0 Å². The maximum absolute atomic E-state index is 12.8. The molecule has 0 fully saturated rings. The van der Waals surface area contributed by atoms with Gasteiger partial charge in [0.1, 0.15) is 6.61 Å². The van der Waals surface area contributed by atoms with Crippen molar-refractivity contribution in [3.63, 3.8) is 0 Å². The second-order valence-corrected chi connectivity index (χ2v) is 29.5. The van der Waals surface area contributed by atoms with Crippen LogP contribution < -0.4 is 5.73 Å². The normalized spacial score (nSPS) is 12.8. The van der Waals surface area contributed by atoms with Gasteiger partial charge in [-0.15, -0.1) is 0 Å². The Morgan fingerprint density at radius 3 is 0.789 bits per heavy atom. The minimum Gasteiger partial charge on any atom is -0.462 e. The number of phosphoric acid groups is 1. The average Bonchev–Trinajstić information content (AvgIpc) is 3.58. The molecule has 0 aliphatic rings.